The molecule has 0 aromatic heterocycles. The molecule has 0 unspecified atom stereocenters. The van der Waals surface area contributed by atoms with E-state index in [-0.39, 0.29) is 11.9 Å². The average Bonchev–Trinajstić information content (AvgIpc) is 3.59. The first-order valence-corrected chi connectivity index (χ1v) is 11.3. The zero-order chi connectivity index (χ0) is 20.0. The van der Waals surface area contributed by atoms with Gasteiger partial charge >= 0.3 is 0 Å². The molecule has 29 heavy (non-hydrogen) atoms. The molecular formula is C23H25Cl2N3O. The summed E-state index contributed by atoms with van der Waals surface area (Å²) in [5, 5.41) is 1.29. The number of carbonyl (C=O) groups is 1. The van der Waals surface area contributed by atoms with Crippen LogP contribution < -0.4 is 14.7 Å². The van der Waals surface area contributed by atoms with Gasteiger partial charge in [0.1, 0.15) is 6.04 Å². The highest BCUT2D eigenvalue weighted by Crippen LogP contribution is 2.41. The first kappa shape index (κ1) is 19.1. The number of hydrogen-bond donors (Lipinski definition) is 0. The Bertz CT molecular complexity index is 930. The summed E-state index contributed by atoms with van der Waals surface area (Å²) in [5.74, 6) is 0.170. The van der Waals surface area contributed by atoms with Gasteiger partial charge in [0.2, 0.25) is 5.91 Å². The summed E-state index contributed by atoms with van der Waals surface area (Å²) < 4.78 is 0. The van der Waals surface area contributed by atoms with E-state index >= 15 is 0 Å². The summed E-state index contributed by atoms with van der Waals surface area (Å²) in [5.41, 5.74) is 3.10. The van der Waals surface area contributed by atoms with Crippen molar-refractivity contribution < 1.29 is 4.79 Å². The molecule has 0 bridgehead atoms. The molecule has 2 heterocycles. The molecule has 6 heteroatoms. The zero-order valence-corrected chi connectivity index (χ0v) is 17.9. The summed E-state index contributed by atoms with van der Waals surface area (Å²) in [7, 11) is 0. The molecule has 2 aromatic carbocycles. The van der Waals surface area contributed by atoms with Gasteiger partial charge in [0.05, 0.1) is 22.1 Å². The van der Waals surface area contributed by atoms with Crippen molar-refractivity contribution in [2.24, 2.45) is 0 Å². The molecule has 2 aromatic rings. The molecule has 0 spiro atoms. The predicted octanol–water partition coefficient (Wildman–Crippen LogP) is 5.37. The number of rotatable bonds is 3. The number of piperidine rings is 1. The summed E-state index contributed by atoms with van der Waals surface area (Å²) in [6.45, 7) is 2.46. The molecule has 1 saturated heterocycles. The van der Waals surface area contributed by atoms with E-state index in [1.165, 1.54) is 18.5 Å². The minimum atomic E-state index is -0.208. The molecule has 2 fully saturated rings. The number of benzene rings is 2. The van der Waals surface area contributed by atoms with Crippen LogP contribution in [0.25, 0.3) is 0 Å². The molecule has 1 amide bonds. The second-order valence-electron chi connectivity index (χ2n) is 8.20. The van der Waals surface area contributed by atoms with E-state index in [1.54, 1.807) is 6.07 Å². The quantitative estimate of drug-likeness (QED) is 0.655. The van der Waals surface area contributed by atoms with Gasteiger partial charge in [-0.15, -0.1) is 0 Å². The van der Waals surface area contributed by atoms with Crippen LogP contribution in [0.2, 0.25) is 10.0 Å². The van der Waals surface area contributed by atoms with Gasteiger partial charge in [0.25, 0.3) is 0 Å². The Balaban J connectivity index is 1.47. The van der Waals surface area contributed by atoms with Crippen molar-refractivity contribution in [3.8, 4) is 0 Å². The van der Waals surface area contributed by atoms with Crippen molar-refractivity contribution in [3.05, 3.63) is 52.5 Å². The van der Waals surface area contributed by atoms with Crippen LogP contribution in [0, 0.1) is 0 Å². The SMILES string of the molecule is O=C([C@@H]1CCCCN1c1cc(Cl)ccc1Cl)N1CCN(C2CC2)c2ccccc21. The molecule has 1 saturated carbocycles. The van der Waals surface area contributed by atoms with Gasteiger partial charge in [-0.2, -0.15) is 0 Å². The lowest BCUT2D eigenvalue weighted by Crippen LogP contribution is -2.54. The second-order valence-corrected chi connectivity index (χ2v) is 9.05. The van der Waals surface area contributed by atoms with Crippen LogP contribution >= 0.6 is 23.2 Å². The average molecular weight is 430 g/mol. The maximum Gasteiger partial charge on any atom is 0.249 e. The maximum absolute atomic E-state index is 13.8. The lowest BCUT2D eigenvalue weighted by atomic mass is 9.98. The van der Waals surface area contributed by atoms with Crippen LogP contribution in [0.3, 0.4) is 0 Å². The highest BCUT2D eigenvalue weighted by atomic mass is 35.5. The Kier molecular flexibility index (Phi) is 5.09. The summed E-state index contributed by atoms with van der Waals surface area (Å²) in [4.78, 5) is 20.4. The van der Waals surface area contributed by atoms with Crippen LogP contribution in [-0.4, -0.2) is 37.6 Å². The highest BCUT2D eigenvalue weighted by molar-refractivity contribution is 6.35. The largest absolute Gasteiger partial charge is 0.365 e. The molecule has 3 aliphatic rings. The fourth-order valence-corrected chi connectivity index (χ4v) is 5.13. The van der Waals surface area contributed by atoms with E-state index in [0.29, 0.717) is 16.1 Å². The topological polar surface area (TPSA) is 26.8 Å². The van der Waals surface area contributed by atoms with Gasteiger partial charge < -0.3 is 14.7 Å². The zero-order valence-electron chi connectivity index (χ0n) is 16.4. The van der Waals surface area contributed by atoms with Crippen molar-refractivity contribution in [3.63, 3.8) is 0 Å². The smallest absolute Gasteiger partial charge is 0.249 e. The Morgan fingerprint density at radius 2 is 1.62 bits per heavy atom. The number of hydrogen-bond acceptors (Lipinski definition) is 3. The van der Waals surface area contributed by atoms with E-state index in [9.17, 15) is 4.79 Å². The molecule has 1 atom stereocenters. The first-order valence-electron chi connectivity index (χ1n) is 10.5. The van der Waals surface area contributed by atoms with Crippen LogP contribution in [-0.2, 0) is 4.79 Å². The van der Waals surface area contributed by atoms with E-state index in [1.807, 2.05) is 23.1 Å². The van der Waals surface area contributed by atoms with E-state index < -0.39 is 0 Å². The maximum atomic E-state index is 13.8. The van der Waals surface area contributed by atoms with Gasteiger partial charge in [-0.05, 0) is 62.4 Å². The van der Waals surface area contributed by atoms with Gasteiger partial charge in [-0.25, -0.2) is 0 Å². The molecule has 4 nitrogen and oxygen atoms in total. The fourth-order valence-electron chi connectivity index (χ4n) is 4.74. The molecule has 1 aliphatic carbocycles. The molecule has 0 radical (unpaired) electrons. The van der Waals surface area contributed by atoms with Crippen LogP contribution in [0.5, 0.6) is 0 Å². The number of carbonyl (C=O) groups excluding carboxylic acids is 1. The third kappa shape index (κ3) is 3.57. The molecule has 5 rings (SSSR count). The third-order valence-electron chi connectivity index (χ3n) is 6.31. The van der Waals surface area contributed by atoms with Crippen LogP contribution in [0.1, 0.15) is 32.1 Å². The number of anilines is 3. The van der Waals surface area contributed by atoms with Gasteiger partial charge in [0.15, 0.2) is 0 Å². The second kappa shape index (κ2) is 7.73. The molecular weight excluding hydrogens is 405 g/mol. The van der Waals surface area contributed by atoms with Gasteiger partial charge in [-0.3, -0.25) is 4.79 Å². The van der Waals surface area contributed by atoms with E-state index in [4.69, 9.17) is 23.2 Å². The van der Waals surface area contributed by atoms with Crippen molar-refractivity contribution in [2.75, 3.05) is 34.3 Å². The van der Waals surface area contributed by atoms with E-state index in [0.717, 1.165) is 50.3 Å². The molecule has 2 aliphatic heterocycles. The first-order chi connectivity index (χ1) is 14.1. The minimum Gasteiger partial charge on any atom is -0.365 e. The standard InChI is InChI=1S/C23H25Cl2N3O/c24-16-8-11-18(25)22(15-16)27-12-4-3-7-21(27)23(29)28-14-13-26(17-9-10-17)19-5-1-2-6-20(19)28/h1-2,5-6,8,11,15,17,21H,3-4,7,9-10,12-14H2/t21-/m0/s1. The van der Waals surface area contributed by atoms with Gasteiger partial charge in [-0.1, -0.05) is 35.3 Å². The van der Waals surface area contributed by atoms with Gasteiger partial charge in [0, 0.05) is 30.7 Å². The number of nitrogens with zero attached hydrogens (tertiary/aromatic N) is 3. The third-order valence-corrected chi connectivity index (χ3v) is 6.86. The monoisotopic (exact) mass is 429 g/mol. The Morgan fingerprint density at radius 3 is 2.41 bits per heavy atom. The van der Waals surface area contributed by atoms with Crippen molar-refractivity contribution >= 4 is 46.2 Å². The normalized spacial score (nSPS) is 21.9. The number of para-hydroxylation sites is 2. The number of fused-ring (bicyclic) bond motifs is 1. The van der Waals surface area contributed by atoms with Crippen molar-refractivity contribution in [2.45, 2.75) is 44.2 Å². The fraction of sp³-hybridized carbons (Fsp3) is 0.435. The summed E-state index contributed by atoms with van der Waals surface area (Å²) in [6.07, 6.45) is 5.46. The van der Waals surface area contributed by atoms with E-state index in [2.05, 4.69) is 28.0 Å². The summed E-state index contributed by atoms with van der Waals surface area (Å²) >= 11 is 12.7. The number of halogens is 2. The molecule has 152 valence electrons. The lowest BCUT2D eigenvalue weighted by molar-refractivity contribution is -0.120. The Hall–Kier alpha value is -1.91. The Morgan fingerprint density at radius 1 is 0.828 bits per heavy atom. The van der Waals surface area contributed by atoms with Crippen LogP contribution in [0.4, 0.5) is 17.1 Å². The van der Waals surface area contributed by atoms with Crippen molar-refractivity contribution in [1.82, 2.24) is 0 Å². The lowest BCUT2D eigenvalue weighted by Gasteiger charge is -2.43. The summed E-state index contributed by atoms with van der Waals surface area (Å²) in [6, 6.07) is 14.3. The van der Waals surface area contributed by atoms with Crippen LogP contribution in [0.15, 0.2) is 42.5 Å². The molecule has 0 N–H and O–H groups in total. The Labute approximate surface area is 182 Å². The number of amides is 1. The highest BCUT2D eigenvalue weighted by Gasteiger charge is 2.39. The van der Waals surface area contributed by atoms with Crippen molar-refractivity contribution in [1.29, 1.82) is 0 Å². The minimum absolute atomic E-state index is 0.170. The predicted molar refractivity (Wildman–Crippen MR) is 121 cm³/mol.